The van der Waals surface area contributed by atoms with Crippen LogP contribution in [-0.2, 0) is 19.4 Å². The van der Waals surface area contributed by atoms with E-state index in [0.717, 1.165) is 33.3 Å². The second kappa shape index (κ2) is 13.1. The van der Waals surface area contributed by atoms with Gasteiger partial charge in [0.2, 0.25) is 5.91 Å². The summed E-state index contributed by atoms with van der Waals surface area (Å²) in [4.78, 5) is 11.3. The molecule has 0 saturated carbocycles. The average molecular weight is 535 g/mol. The van der Waals surface area contributed by atoms with Gasteiger partial charge in [-0.05, 0) is 81.9 Å². The minimum atomic E-state index is -0.435. The second-order valence-electron chi connectivity index (χ2n) is 6.95. The molecule has 0 atom stereocenters. The summed E-state index contributed by atoms with van der Waals surface area (Å²) in [5.74, 6) is 1.70. The van der Waals surface area contributed by atoms with E-state index < -0.39 is 5.91 Å². The van der Waals surface area contributed by atoms with Crippen LogP contribution in [0, 0.1) is 0 Å². The molecule has 0 heterocycles. The predicted molar refractivity (Wildman–Crippen MR) is 137 cm³/mol. The maximum Gasteiger partial charge on any atom is 0.248 e. The Hall–Kier alpha value is -2.70. The van der Waals surface area contributed by atoms with Gasteiger partial charge in [0.1, 0.15) is 23.9 Å². The van der Waals surface area contributed by atoms with E-state index in [1.54, 1.807) is 26.4 Å². The summed E-state index contributed by atoms with van der Waals surface area (Å²) >= 11 is 9.86. The van der Waals surface area contributed by atoms with Gasteiger partial charge in [-0.15, -0.1) is 0 Å². The molecule has 0 unspecified atom stereocenters. The Morgan fingerprint density at radius 1 is 0.909 bits per heavy atom. The quantitative estimate of drug-likeness (QED) is 0.335. The predicted octanol–water partition coefficient (Wildman–Crippen LogP) is 6.61. The molecule has 1 amide bonds. The number of primary amides is 1. The molecule has 0 aromatic heterocycles. The smallest absolute Gasteiger partial charge is 0.248 e. The van der Waals surface area contributed by atoms with Crippen molar-refractivity contribution in [3.63, 3.8) is 0 Å². The molecule has 0 bridgehead atoms. The van der Waals surface area contributed by atoms with Gasteiger partial charge in [0, 0.05) is 16.7 Å². The lowest BCUT2D eigenvalue weighted by atomic mass is 10.0. The zero-order valence-electron chi connectivity index (χ0n) is 19.3. The maximum absolute atomic E-state index is 11.3. The molecule has 2 N–H and O–H groups in total. The van der Waals surface area contributed by atoms with E-state index in [9.17, 15) is 4.79 Å². The molecule has 0 aliphatic carbocycles. The molecule has 3 aromatic rings. The molecule has 7 heteroatoms. The number of nitrogens with two attached hydrogens (primary N) is 1. The highest BCUT2D eigenvalue weighted by Gasteiger charge is 2.12. The van der Waals surface area contributed by atoms with Gasteiger partial charge < -0.3 is 19.9 Å². The Bertz CT molecular complexity index is 1050. The zero-order chi connectivity index (χ0) is 24.4. The molecule has 176 valence electrons. The van der Waals surface area contributed by atoms with Crippen molar-refractivity contribution in [3.05, 3.63) is 86.3 Å². The molecule has 0 fully saturated rings. The maximum atomic E-state index is 11.3. The molecule has 3 rings (SSSR count). The molecular weight excluding hydrogens is 506 g/mol. The lowest BCUT2D eigenvalue weighted by molar-refractivity contribution is 0.100. The lowest BCUT2D eigenvalue weighted by Crippen LogP contribution is -2.10. The first-order valence-corrected chi connectivity index (χ1v) is 11.8. The Balaban J connectivity index is 0.00000187. The van der Waals surface area contributed by atoms with Crippen molar-refractivity contribution in [1.29, 1.82) is 0 Å². The monoisotopic (exact) mass is 533 g/mol. The van der Waals surface area contributed by atoms with E-state index in [1.807, 2.05) is 56.3 Å². The number of benzene rings is 3. The van der Waals surface area contributed by atoms with Gasteiger partial charge in [-0.2, -0.15) is 0 Å². The minimum Gasteiger partial charge on any atom is -0.497 e. The largest absolute Gasteiger partial charge is 0.497 e. The summed E-state index contributed by atoms with van der Waals surface area (Å²) in [6, 6.07) is 16.6. The van der Waals surface area contributed by atoms with Crippen LogP contribution in [0.5, 0.6) is 17.2 Å². The fourth-order valence-corrected chi connectivity index (χ4v) is 4.17. The molecule has 5 nitrogen and oxygen atoms in total. The zero-order valence-corrected chi connectivity index (χ0v) is 21.6. The highest BCUT2D eigenvalue weighted by molar-refractivity contribution is 9.10. The summed E-state index contributed by atoms with van der Waals surface area (Å²) in [5, 5.41) is 0.626. The SMILES string of the molecule is CC.COc1cc(COc2c(Br)cc(Cl)cc2CCc2ccc(C(N)=O)cc2)cc(OC)c1. The number of carbonyl (C=O) groups is 1. The highest BCUT2D eigenvalue weighted by Crippen LogP contribution is 2.35. The third-order valence-electron chi connectivity index (χ3n) is 4.80. The average Bonchev–Trinajstić information content (AvgIpc) is 2.83. The van der Waals surface area contributed by atoms with Crippen molar-refractivity contribution in [1.82, 2.24) is 0 Å². The number of hydrogen-bond acceptors (Lipinski definition) is 4. The van der Waals surface area contributed by atoms with Gasteiger partial charge in [-0.25, -0.2) is 0 Å². The number of ether oxygens (including phenoxy) is 3. The van der Waals surface area contributed by atoms with Gasteiger partial charge in [0.25, 0.3) is 0 Å². The lowest BCUT2D eigenvalue weighted by Gasteiger charge is -2.15. The van der Waals surface area contributed by atoms with Crippen molar-refractivity contribution in [2.45, 2.75) is 33.3 Å². The van der Waals surface area contributed by atoms with Crippen LogP contribution in [-0.4, -0.2) is 20.1 Å². The van der Waals surface area contributed by atoms with E-state index in [2.05, 4.69) is 15.9 Å². The summed E-state index contributed by atoms with van der Waals surface area (Å²) < 4.78 is 17.6. The first-order valence-electron chi connectivity index (χ1n) is 10.6. The molecule has 3 aromatic carbocycles. The second-order valence-corrected chi connectivity index (χ2v) is 8.24. The molecule has 0 spiro atoms. The number of carbonyl (C=O) groups excluding carboxylic acids is 1. The molecule has 0 saturated heterocycles. The fourth-order valence-electron chi connectivity index (χ4n) is 3.18. The number of hydrogen-bond donors (Lipinski definition) is 1. The van der Waals surface area contributed by atoms with Gasteiger partial charge >= 0.3 is 0 Å². The van der Waals surface area contributed by atoms with E-state index >= 15 is 0 Å². The van der Waals surface area contributed by atoms with Crippen LogP contribution in [0.25, 0.3) is 0 Å². The Morgan fingerprint density at radius 3 is 2.06 bits per heavy atom. The third kappa shape index (κ3) is 7.69. The summed E-state index contributed by atoms with van der Waals surface area (Å²) in [6.45, 7) is 4.34. The number of rotatable bonds is 9. The normalized spacial score (nSPS) is 10.1. The first-order chi connectivity index (χ1) is 15.9. The van der Waals surface area contributed by atoms with Crippen LogP contribution >= 0.6 is 27.5 Å². The summed E-state index contributed by atoms with van der Waals surface area (Å²) in [5.41, 5.74) is 8.79. The summed E-state index contributed by atoms with van der Waals surface area (Å²) in [6.07, 6.45) is 1.47. The van der Waals surface area contributed by atoms with Gasteiger partial charge in [0.15, 0.2) is 0 Å². The number of amides is 1. The van der Waals surface area contributed by atoms with Crippen molar-refractivity contribution >= 4 is 33.4 Å². The van der Waals surface area contributed by atoms with Crippen LogP contribution in [0.4, 0.5) is 0 Å². The fraction of sp³-hybridized carbons (Fsp3) is 0.269. The van der Waals surface area contributed by atoms with Crippen LogP contribution < -0.4 is 19.9 Å². The minimum absolute atomic E-state index is 0.341. The van der Waals surface area contributed by atoms with Crippen LogP contribution in [0.2, 0.25) is 5.02 Å². The number of aryl methyl sites for hydroxylation is 2. The Labute approximate surface area is 208 Å². The van der Waals surface area contributed by atoms with Crippen LogP contribution in [0.15, 0.2) is 59.1 Å². The van der Waals surface area contributed by atoms with Gasteiger partial charge in [0.05, 0.1) is 18.7 Å². The first kappa shape index (κ1) is 26.6. The van der Waals surface area contributed by atoms with E-state index in [4.69, 9.17) is 31.5 Å². The van der Waals surface area contributed by atoms with Crippen LogP contribution in [0.3, 0.4) is 0 Å². The van der Waals surface area contributed by atoms with Gasteiger partial charge in [-0.3, -0.25) is 4.79 Å². The topological polar surface area (TPSA) is 70.8 Å². The van der Waals surface area contributed by atoms with Gasteiger partial charge in [-0.1, -0.05) is 37.6 Å². The molecule has 0 aliphatic heterocycles. The number of methoxy groups -OCH3 is 2. The molecule has 0 radical (unpaired) electrons. The van der Waals surface area contributed by atoms with E-state index in [-0.39, 0.29) is 0 Å². The third-order valence-corrected chi connectivity index (χ3v) is 5.61. The number of halogens is 2. The highest BCUT2D eigenvalue weighted by atomic mass is 79.9. The summed E-state index contributed by atoms with van der Waals surface area (Å²) in [7, 11) is 3.23. The van der Waals surface area contributed by atoms with Crippen molar-refractivity contribution in [2.24, 2.45) is 5.73 Å². The van der Waals surface area contributed by atoms with E-state index in [0.29, 0.717) is 35.1 Å². The molecule has 33 heavy (non-hydrogen) atoms. The standard InChI is InChI=1S/C24H23BrClNO4.C2H6/c1-29-20-9-16(10-21(13-20)30-2)14-31-23-18(11-19(26)12-22(23)25)8-5-15-3-6-17(7-4-15)24(27)28;1-2/h3-4,6-7,9-13H,5,8,14H2,1-2H3,(H2,27,28);1-2H3. The molecule has 0 aliphatic rings. The molecular formula is C26H29BrClNO4. The Kier molecular flexibility index (Phi) is 10.6. The van der Waals surface area contributed by atoms with E-state index in [1.165, 1.54) is 0 Å². The Morgan fingerprint density at radius 2 is 1.52 bits per heavy atom. The van der Waals surface area contributed by atoms with Crippen molar-refractivity contribution in [3.8, 4) is 17.2 Å². The van der Waals surface area contributed by atoms with Crippen LogP contribution in [0.1, 0.15) is 40.9 Å². The van der Waals surface area contributed by atoms with Crippen molar-refractivity contribution < 1.29 is 19.0 Å². The van der Waals surface area contributed by atoms with Crippen molar-refractivity contribution in [2.75, 3.05) is 14.2 Å².